The third-order valence-corrected chi connectivity index (χ3v) is 3.50. The molecule has 3 nitrogen and oxygen atoms in total. The van der Waals surface area contributed by atoms with Crippen molar-refractivity contribution in [2.75, 3.05) is 0 Å². The summed E-state index contributed by atoms with van der Waals surface area (Å²) in [7, 11) is 0. The van der Waals surface area contributed by atoms with Crippen LogP contribution in [0.25, 0.3) is 0 Å². The van der Waals surface area contributed by atoms with Crippen molar-refractivity contribution in [3.63, 3.8) is 0 Å². The van der Waals surface area contributed by atoms with Gasteiger partial charge in [0.1, 0.15) is 11.2 Å². The lowest BCUT2D eigenvalue weighted by atomic mass is 9.66. The second-order valence-electron chi connectivity index (χ2n) is 4.88. The van der Waals surface area contributed by atoms with Crippen molar-refractivity contribution in [2.45, 2.75) is 52.7 Å². The molecule has 0 saturated carbocycles. The average molecular weight is 174 g/mol. The van der Waals surface area contributed by atoms with Crippen LogP contribution in [0.2, 0.25) is 0 Å². The minimum Gasteiger partial charge on any atom is -0.199 e. The molecule has 1 aliphatic rings. The molecule has 1 fully saturated rings. The maximum atomic E-state index is 5.09. The van der Waals surface area contributed by atoms with Crippen LogP contribution >= 0.6 is 0 Å². The molecule has 0 radical (unpaired) electrons. The zero-order valence-electron chi connectivity index (χ0n) is 8.72. The molecule has 0 aromatic heterocycles. The largest absolute Gasteiger partial charge is 0.199 e. The van der Waals surface area contributed by atoms with Crippen LogP contribution in [-0.2, 0) is 14.8 Å². The highest BCUT2D eigenvalue weighted by Gasteiger charge is 2.55. The van der Waals surface area contributed by atoms with Gasteiger partial charge < -0.3 is 0 Å². The molecule has 72 valence electrons. The molecule has 0 aliphatic carbocycles. The van der Waals surface area contributed by atoms with Gasteiger partial charge in [-0.2, -0.15) is 9.78 Å². The van der Waals surface area contributed by atoms with Gasteiger partial charge in [-0.3, -0.25) is 0 Å². The van der Waals surface area contributed by atoms with Crippen molar-refractivity contribution in [1.29, 1.82) is 0 Å². The van der Waals surface area contributed by atoms with Crippen LogP contribution in [0.5, 0.6) is 0 Å². The second-order valence-corrected chi connectivity index (χ2v) is 4.88. The van der Waals surface area contributed by atoms with Gasteiger partial charge in [-0.25, -0.2) is 0 Å². The van der Waals surface area contributed by atoms with Crippen molar-refractivity contribution in [3.8, 4) is 0 Å². The number of rotatable bonds is 0. The summed E-state index contributed by atoms with van der Waals surface area (Å²) < 4.78 is 0. The Morgan fingerprint density at radius 2 is 1.00 bits per heavy atom. The maximum Gasteiger partial charge on any atom is 0.109 e. The lowest BCUT2D eigenvalue weighted by Gasteiger charge is -2.52. The van der Waals surface area contributed by atoms with Gasteiger partial charge in [0.2, 0.25) is 0 Å². The Labute approximate surface area is 73.9 Å². The molecule has 0 atom stereocenters. The first-order valence-electron chi connectivity index (χ1n) is 4.24. The molecule has 1 aliphatic heterocycles. The number of hydrogen-bond donors (Lipinski definition) is 0. The van der Waals surface area contributed by atoms with Gasteiger partial charge in [0.05, 0.1) is 0 Å². The predicted molar refractivity (Wildman–Crippen MR) is 45.2 cm³/mol. The van der Waals surface area contributed by atoms with E-state index in [2.05, 4.69) is 18.9 Å². The number of hydrogen-bond acceptors (Lipinski definition) is 3. The molecule has 1 saturated heterocycles. The summed E-state index contributed by atoms with van der Waals surface area (Å²) >= 11 is 0. The summed E-state index contributed by atoms with van der Waals surface area (Å²) in [6.07, 6.45) is 0. The fourth-order valence-corrected chi connectivity index (χ4v) is 1.12. The fourth-order valence-electron chi connectivity index (χ4n) is 1.12. The molecule has 0 aromatic carbocycles. The Hall–Kier alpha value is -0.120. The van der Waals surface area contributed by atoms with Crippen LogP contribution in [0, 0.1) is 5.41 Å². The smallest absolute Gasteiger partial charge is 0.109 e. The topological polar surface area (TPSA) is 27.7 Å². The Morgan fingerprint density at radius 1 is 0.667 bits per heavy atom. The first-order chi connectivity index (χ1) is 5.21. The lowest BCUT2D eigenvalue weighted by Crippen LogP contribution is -2.59. The quantitative estimate of drug-likeness (QED) is 0.528. The molecular formula is C9H18O3. The molecular weight excluding hydrogens is 156 g/mol. The monoisotopic (exact) mass is 174 g/mol. The van der Waals surface area contributed by atoms with Gasteiger partial charge in [-0.15, -0.1) is 0 Å². The molecule has 12 heavy (non-hydrogen) atoms. The van der Waals surface area contributed by atoms with E-state index >= 15 is 0 Å². The Kier molecular flexibility index (Phi) is 2.02. The van der Waals surface area contributed by atoms with E-state index in [4.69, 9.17) is 9.78 Å². The second kappa shape index (κ2) is 2.44. The van der Waals surface area contributed by atoms with Crippen LogP contribution in [-0.4, -0.2) is 11.2 Å². The predicted octanol–water partition coefficient (Wildman–Crippen LogP) is 2.46. The summed E-state index contributed by atoms with van der Waals surface area (Å²) in [4.78, 5) is 10.2. The molecule has 0 N–H and O–H groups in total. The summed E-state index contributed by atoms with van der Waals surface area (Å²) in [5.74, 6) is 0. The van der Waals surface area contributed by atoms with Gasteiger partial charge in [0, 0.05) is 5.41 Å². The van der Waals surface area contributed by atoms with E-state index in [0.717, 1.165) is 0 Å². The highest BCUT2D eigenvalue weighted by atomic mass is 17.5. The Balaban J connectivity index is 2.99. The van der Waals surface area contributed by atoms with Crippen LogP contribution in [0.15, 0.2) is 0 Å². The van der Waals surface area contributed by atoms with Crippen LogP contribution in [0.3, 0.4) is 0 Å². The van der Waals surface area contributed by atoms with E-state index in [1.165, 1.54) is 0 Å². The third kappa shape index (κ3) is 1.16. The maximum absolute atomic E-state index is 5.09. The normalized spacial score (nSPS) is 31.5. The zero-order chi connectivity index (χ0) is 9.62. The van der Waals surface area contributed by atoms with E-state index in [-0.39, 0.29) is 16.6 Å². The first kappa shape index (κ1) is 9.96. The SMILES string of the molecule is CC1(C)OOOC(C)(C)C1(C)C. The van der Waals surface area contributed by atoms with Gasteiger partial charge in [0.25, 0.3) is 0 Å². The molecule has 1 rings (SSSR count). The van der Waals surface area contributed by atoms with Gasteiger partial charge in [0.15, 0.2) is 0 Å². The van der Waals surface area contributed by atoms with Gasteiger partial charge in [-0.05, 0) is 27.7 Å². The fraction of sp³-hybridized carbons (Fsp3) is 1.00. The minimum atomic E-state index is -0.339. The van der Waals surface area contributed by atoms with Crippen molar-refractivity contribution in [1.82, 2.24) is 0 Å². The summed E-state index contributed by atoms with van der Waals surface area (Å²) in [6.45, 7) is 12.2. The molecule has 0 bridgehead atoms. The van der Waals surface area contributed by atoms with Crippen molar-refractivity contribution < 1.29 is 14.8 Å². The van der Waals surface area contributed by atoms with Crippen LogP contribution in [0.1, 0.15) is 41.5 Å². The van der Waals surface area contributed by atoms with Crippen LogP contribution < -0.4 is 0 Å². The van der Waals surface area contributed by atoms with E-state index in [9.17, 15) is 0 Å². The lowest BCUT2D eigenvalue weighted by molar-refractivity contribution is -0.619. The first-order valence-corrected chi connectivity index (χ1v) is 4.24. The third-order valence-electron chi connectivity index (χ3n) is 3.50. The van der Waals surface area contributed by atoms with Crippen molar-refractivity contribution in [2.24, 2.45) is 5.41 Å². The van der Waals surface area contributed by atoms with Crippen molar-refractivity contribution >= 4 is 0 Å². The van der Waals surface area contributed by atoms with E-state index in [1.807, 2.05) is 27.7 Å². The molecule has 1 heterocycles. The minimum absolute atomic E-state index is 0.0990. The molecule has 0 unspecified atom stereocenters. The highest BCUT2D eigenvalue weighted by molar-refractivity contribution is 4.99. The van der Waals surface area contributed by atoms with Gasteiger partial charge >= 0.3 is 0 Å². The Morgan fingerprint density at radius 3 is 1.25 bits per heavy atom. The summed E-state index contributed by atoms with van der Waals surface area (Å²) in [5, 5.41) is 4.64. The van der Waals surface area contributed by atoms with E-state index in [0.29, 0.717) is 0 Å². The van der Waals surface area contributed by atoms with Gasteiger partial charge in [-0.1, -0.05) is 18.9 Å². The summed E-state index contributed by atoms with van der Waals surface area (Å²) in [6, 6.07) is 0. The Bertz CT molecular complexity index is 164. The standard InChI is InChI=1S/C9H18O3/c1-7(2)8(3,4)10-12-11-9(7,5)6/h1-6H3. The van der Waals surface area contributed by atoms with E-state index < -0.39 is 0 Å². The van der Waals surface area contributed by atoms with Crippen molar-refractivity contribution in [3.05, 3.63) is 0 Å². The highest BCUT2D eigenvalue weighted by Crippen LogP contribution is 2.48. The zero-order valence-corrected chi connectivity index (χ0v) is 8.72. The van der Waals surface area contributed by atoms with Crippen LogP contribution in [0.4, 0.5) is 0 Å². The molecule has 0 amide bonds. The average Bonchev–Trinajstić information content (AvgIpc) is 1.83. The molecule has 3 heteroatoms. The molecule has 0 spiro atoms. The van der Waals surface area contributed by atoms with E-state index in [1.54, 1.807) is 0 Å². The molecule has 0 aromatic rings. The summed E-state index contributed by atoms with van der Waals surface area (Å²) in [5.41, 5.74) is -0.776.